The zero-order valence-corrected chi connectivity index (χ0v) is 13.2. The number of rotatable bonds is 3. The standard InChI is InChI=1S/C18H11ClN4O/c19-17-15-18(21-10-20-17)23(11-22-15)14-8-6-13(7-9-14)16(24)12-4-2-1-3-5-12/h1-11H. The van der Waals surface area contributed by atoms with Crippen molar-refractivity contribution >= 4 is 28.5 Å². The molecular formula is C18H11ClN4O. The average Bonchev–Trinajstić information content (AvgIpc) is 3.07. The lowest BCUT2D eigenvalue weighted by molar-refractivity contribution is 0.103. The highest BCUT2D eigenvalue weighted by molar-refractivity contribution is 6.33. The molecule has 6 heteroatoms. The summed E-state index contributed by atoms with van der Waals surface area (Å²) in [6, 6.07) is 16.5. The fourth-order valence-electron chi connectivity index (χ4n) is 2.52. The third-order valence-electron chi connectivity index (χ3n) is 3.73. The van der Waals surface area contributed by atoms with Gasteiger partial charge in [0, 0.05) is 16.8 Å². The molecule has 2 aromatic heterocycles. The number of hydrogen-bond donors (Lipinski definition) is 0. The second kappa shape index (κ2) is 5.86. The van der Waals surface area contributed by atoms with Crippen molar-refractivity contribution < 1.29 is 4.79 Å². The number of fused-ring (bicyclic) bond motifs is 1. The van der Waals surface area contributed by atoms with Gasteiger partial charge in [-0.15, -0.1) is 0 Å². The van der Waals surface area contributed by atoms with E-state index >= 15 is 0 Å². The van der Waals surface area contributed by atoms with Crippen LogP contribution in [0.3, 0.4) is 0 Å². The highest BCUT2D eigenvalue weighted by Crippen LogP contribution is 2.21. The Morgan fingerprint density at radius 1 is 0.875 bits per heavy atom. The van der Waals surface area contributed by atoms with E-state index in [0.29, 0.717) is 27.4 Å². The quantitative estimate of drug-likeness (QED) is 0.423. The lowest BCUT2D eigenvalue weighted by Crippen LogP contribution is -2.01. The van der Waals surface area contributed by atoms with E-state index in [-0.39, 0.29) is 5.78 Å². The van der Waals surface area contributed by atoms with Gasteiger partial charge in [0.25, 0.3) is 0 Å². The van der Waals surface area contributed by atoms with Crippen LogP contribution in [0.5, 0.6) is 0 Å². The smallest absolute Gasteiger partial charge is 0.193 e. The summed E-state index contributed by atoms with van der Waals surface area (Å²) in [6.45, 7) is 0. The van der Waals surface area contributed by atoms with Crippen LogP contribution in [-0.2, 0) is 0 Å². The van der Waals surface area contributed by atoms with Crippen LogP contribution in [0.15, 0.2) is 67.3 Å². The number of hydrogen-bond acceptors (Lipinski definition) is 4. The summed E-state index contributed by atoms with van der Waals surface area (Å²) in [5, 5.41) is 0.314. The Balaban J connectivity index is 1.71. The predicted molar refractivity (Wildman–Crippen MR) is 91.5 cm³/mol. The van der Waals surface area contributed by atoms with E-state index in [2.05, 4.69) is 15.0 Å². The number of carbonyl (C=O) groups is 1. The molecule has 2 aromatic carbocycles. The number of carbonyl (C=O) groups excluding carboxylic acids is 1. The van der Waals surface area contributed by atoms with Gasteiger partial charge in [-0.2, -0.15) is 0 Å². The van der Waals surface area contributed by atoms with Gasteiger partial charge in [0.2, 0.25) is 0 Å². The normalized spacial score (nSPS) is 10.9. The van der Waals surface area contributed by atoms with Crippen molar-refractivity contribution in [3.63, 3.8) is 0 Å². The molecule has 0 bridgehead atoms. The van der Waals surface area contributed by atoms with E-state index in [0.717, 1.165) is 5.69 Å². The fraction of sp³-hybridized carbons (Fsp3) is 0. The van der Waals surface area contributed by atoms with Crippen molar-refractivity contribution in [3.8, 4) is 5.69 Å². The fourth-order valence-corrected chi connectivity index (χ4v) is 2.70. The molecule has 0 aliphatic heterocycles. The Hall–Kier alpha value is -3.05. The van der Waals surface area contributed by atoms with Gasteiger partial charge in [0.15, 0.2) is 16.6 Å². The molecule has 4 rings (SSSR count). The zero-order chi connectivity index (χ0) is 16.5. The second-order valence-corrected chi connectivity index (χ2v) is 5.55. The van der Waals surface area contributed by atoms with Crippen LogP contribution in [0, 0.1) is 0 Å². The molecule has 0 amide bonds. The maximum Gasteiger partial charge on any atom is 0.193 e. The molecule has 0 fully saturated rings. The Bertz CT molecular complexity index is 1030. The molecule has 0 atom stereocenters. The molecule has 2 heterocycles. The summed E-state index contributed by atoms with van der Waals surface area (Å²) < 4.78 is 1.81. The summed E-state index contributed by atoms with van der Waals surface area (Å²) in [6.07, 6.45) is 3.04. The summed E-state index contributed by atoms with van der Waals surface area (Å²) in [5.74, 6) is -0.0111. The zero-order valence-electron chi connectivity index (χ0n) is 12.4. The molecule has 24 heavy (non-hydrogen) atoms. The number of nitrogens with zero attached hydrogens (tertiary/aromatic N) is 4. The monoisotopic (exact) mass is 334 g/mol. The molecule has 0 radical (unpaired) electrons. The second-order valence-electron chi connectivity index (χ2n) is 5.19. The first kappa shape index (κ1) is 14.5. The lowest BCUT2D eigenvalue weighted by Gasteiger charge is -2.05. The molecule has 0 saturated heterocycles. The summed E-state index contributed by atoms with van der Waals surface area (Å²) in [5.41, 5.74) is 3.30. The molecule has 0 saturated carbocycles. The van der Waals surface area contributed by atoms with Crippen LogP contribution in [0.4, 0.5) is 0 Å². The predicted octanol–water partition coefficient (Wildman–Crippen LogP) is 3.70. The molecular weight excluding hydrogens is 324 g/mol. The van der Waals surface area contributed by atoms with E-state index in [1.165, 1.54) is 6.33 Å². The van der Waals surface area contributed by atoms with E-state index in [1.54, 1.807) is 35.2 Å². The van der Waals surface area contributed by atoms with Crippen LogP contribution in [0.2, 0.25) is 5.15 Å². The van der Waals surface area contributed by atoms with Crippen molar-refractivity contribution in [3.05, 3.63) is 83.5 Å². The minimum absolute atomic E-state index is 0.0111. The Labute approximate surface area is 142 Å². The topological polar surface area (TPSA) is 60.7 Å². The third kappa shape index (κ3) is 2.45. The minimum Gasteiger partial charge on any atom is -0.289 e. The number of ketones is 1. The van der Waals surface area contributed by atoms with Gasteiger partial charge in [-0.25, -0.2) is 15.0 Å². The van der Waals surface area contributed by atoms with Gasteiger partial charge in [-0.3, -0.25) is 9.36 Å². The first-order valence-electron chi connectivity index (χ1n) is 7.28. The van der Waals surface area contributed by atoms with Crippen LogP contribution in [0.1, 0.15) is 15.9 Å². The maximum atomic E-state index is 12.4. The number of halogens is 1. The molecule has 5 nitrogen and oxygen atoms in total. The molecule has 0 unspecified atom stereocenters. The first-order valence-corrected chi connectivity index (χ1v) is 7.65. The van der Waals surface area contributed by atoms with E-state index < -0.39 is 0 Å². The molecule has 0 N–H and O–H groups in total. The van der Waals surface area contributed by atoms with Crippen LogP contribution in [-0.4, -0.2) is 25.3 Å². The summed E-state index contributed by atoms with van der Waals surface area (Å²) in [4.78, 5) is 24.8. The van der Waals surface area contributed by atoms with E-state index in [1.807, 2.05) is 30.3 Å². The van der Waals surface area contributed by atoms with Gasteiger partial charge >= 0.3 is 0 Å². The van der Waals surface area contributed by atoms with Gasteiger partial charge in [-0.1, -0.05) is 41.9 Å². The SMILES string of the molecule is O=C(c1ccccc1)c1ccc(-n2cnc3c(Cl)ncnc32)cc1. The van der Waals surface area contributed by atoms with Crippen molar-refractivity contribution in [1.29, 1.82) is 0 Å². The van der Waals surface area contributed by atoms with Gasteiger partial charge in [0.1, 0.15) is 18.2 Å². The highest BCUT2D eigenvalue weighted by Gasteiger charge is 2.11. The third-order valence-corrected chi connectivity index (χ3v) is 4.01. The average molecular weight is 335 g/mol. The largest absolute Gasteiger partial charge is 0.289 e. The van der Waals surface area contributed by atoms with Crippen molar-refractivity contribution in [1.82, 2.24) is 19.5 Å². The van der Waals surface area contributed by atoms with Crippen molar-refractivity contribution in [2.45, 2.75) is 0 Å². The minimum atomic E-state index is -0.0111. The van der Waals surface area contributed by atoms with Gasteiger partial charge < -0.3 is 0 Å². The number of benzene rings is 2. The van der Waals surface area contributed by atoms with Crippen LogP contribution in [0.25, 0.3) is 16.9 Å². The molecule has 0 spiro atoms. The number of aromatic nitrogens is 4. The first-order chi connectivity index (χ1) is 11.7. The highest BCUT2D eigenvalue weighted by atomic mass is 35.5. The summed E-state index contributed by atoms with van der Waals surface area (Å²) >= 11 is 6.02. The number of imidazole rings is 1. The molecule has 116 valence electrons. The Morgan fingerprint density at radius 2 is 1.58 bits per heavy atom. The lowest BCUT2D eigenvalue weighted by atomic mass is 10.0. The van der Waals surface area contributed by atoms with Gasteiger partial charge in [0.05, 0.1) is 0 Å². The Morgan fingerprint density at radius 3 is 2.33 bits per heavy atom. The van der Waals surface area contributed by atoms with Crippen molar-refractivity contribution in [2.75, 3.05) is 0 Å². The van der Waals surface area contributed by atoms with E-state index in [4.69, 9.17) is 11.6 Å². The van der Waals surface area contributed by atoms with Crippen LogP contribution >= 0.6 is 11.6 Å². The van der Waals surface area contributed by atoms with Crippen LogP contribution < -0.4 is 0 Å². The molecule has 0 aliphatic rings. The molecule has 4 aromatic rings. The van der Waals surface area contributed by atoms with Crippen molar-refractivity contribution in [2.24, 2.45) is 0 Å². The Kier molecular flexibility index (Phi) is 3.55. The summed E-state index contributed by atoms with van der Waals surface area (Å²) in [7, 11) is 0. The maximum absolute atomic E-state index is 12.4. The van der Waals surface area contributed by atoms with E-state index in [9.17, 15) is 4.79 Å². The van der Waals surface area contributed by atoms with Gasteiger partial charge in [-0.05, 0) is 24.3 Å². The molecule has 0 aliphatic carbocycles.